The fourth-order valence-electron chi connectivity index (χ4n) is 1.69. The van der Waals surface area contributed by atoms with Crippen molar-refractivity contribution >= 4 is 11.6 Å². The molecule has 1 saturated carbocycles. The highest BCUT2D eigenvalue weighted by atomic mass is 35.5. The third kappa shape index (κ3) is 3.23. The summed E-state index contributed by atoms with van der Waals surface area (Å²) < 4.78 is 5.73. The lowest BCUT2D eigenvalue weighted by molar-refractivity contribution is -0.0149. The highest BCUT2D eigenvalue weighted by molar-refractivity contribution is 6.31. The number of rotatable bonds is 3. The summed E-state index contributed by atoms with van der Waals surface area (Å²) in [7, 11) is 0. The van der Waals surface area contributed by atoms with Crippen LogP contribution >= 0.6 is 11.6 Å². The maximum absolute atomic E-state index is 6.26. The van der Waals surface area contributed by atoms with Gasteiger partial charge in [0.25, 0.3) is 0 Å². The summed E-state index contributed by atoms with van der Waals surface area (Å²) in [5.41, 5.74) is 2.37. The maximum atomic E-state index is 6.26. The molecule has 0 atom stereocenters. The van der Waals surface area contributed by atoms with Crippen LogP contribution in [-0.2, 0) is 11.3 Å². The van der Waals surface area contributed by atoms with Crippen molar-refractivity contribution in [3.05, 3.63) is 34.3 Å². The van der Waals surface area contributed by atoms with Crippen LogP contribution in [0.5, 0.6) is 0 Å². The first-order chi connectivity index (χ1) is 7.46. The predicted octanol–water partition coefficient (Wildman–Crippen LogP) is 4.53. The summed E-state index contributed by atoms with van der Waals surface area (Å²) in [5, 5.41) is 0.900. The molecule has 2 rings (SSSR count). The fourth-order valence-corrected chi connectivity index (χ4v) is 2.04. The minimum Gasteiger partial charge on any atom is -0.371 e. The molecule has 1 aromatic carbocycles. The second kappa shape index (κ2) is 4.38. The molecule has 1 aliphatic carbocycles. The Balaban J connectivity index is 2.03. The molecule has 0 amide bonds. The van der Waals surface area contributed by atoms with E-state index in [2.05, 4.69) is 32.9 Å². The van der Waals surface area contributed by atoms with Gasteiger partial charge in [0.1, 0.15) is 0 Å². The van der Waals surface area contributed by atoms with Crippen molar-refractivity contribution in [1.29, 1.82) is 0 Å². The fraction of sp³-hybridized carbons (Fsp3) is 0.571. The SMILES string of the molecule is CC(C)(C)OCc1ccc(C2CC2)c(Cl)c1. The van der Waals surface area contributed by atoms with E-state index >= 15 is 0 Å². The van der Waals surface area contributed by atoms with E-state index in [4.69, 9.17) is 16.3 Å². The molecule has 0 N–H and O–H groups in total. The molecule has 0 bridgehead atoms. The molecule has 0 aromatic heterocycles. The summed E-state index contributed by atoms with van der Waals surface area (Å²) in [6, 6.07) is 6.33. The molecule has 0 radical (unpaired) electrons. The largest absolute Gasteiger partial charge is 0.371 e. The van der Waals surface area contributed by atoms with Gasteiger partial charge in [-0.1, -0.05) is 23.7 Å². The van der Waals surface area contributed by atoms with Gasteiger partial charge in [-0.2, -0.15) is 0 Å². The Morgan fingerprint density at radius 3 is 2.50 bits per heavy atom. The molecule has 2 heteroatoms. The van der Waals surface area contributed by atoms with Gasteiger partial charge in [-0.05, 0) is 56.7 Å². The molecule has 88 valence electrons. The normalized spacial score (nSPS) is 16.5. The third-order valence-corrected chi connectivity index (χ3v) is 3.08. The molecule has 0 heterocycles. The van der Waals surface area contributed by atoms with Crippen LogP contribution in [0.2, 0.25) is 5.02 Å². The summed E-state index contributed by atoms with van der Waals surface area (Å²) in [4.78, 5) is 0. The minimum absolute atomic E-state index is 0.0956. The Labute approximate surface area is 103 Å². The predicted molar refractivity (Wildman–Crippen MR) is 68.0 cm³/mol. The topological polar surface area (TPSA) is 9.23 Å². The lowest BCUT2D eigenvalue weighted by atomic mass is 10.1. The lowest BCUT2D eigenvalue weighted by Gasteiger charge is -2.19. The average Bonchev–Trinajstić information content (AvgIpc) is 2.97. The van der Waals surface area contributed by atoms with Gasteiger partial charge in [0.05, 0.1) is 12.2 Å². The molecular weight excluding hydrogens is 220 g/mol. The zero-order chi connectivity index (χ0) is 11.8. The molecule has 1 nitrogen and oxygen atoms in total. The summed E-state index contributed by atoms with van der Waals surface area (Å²) in [5.74, 6) is 0.713. The zero-order valence-electron chi connectivity index (χ0n) is 10.2. The van der Waals surface area contributed by atoms with Crippen molar-refractivity contribution < 1.29 is 4.74 Å². The number of halogens is 1. The quantitative estimate of drug-likeness (QED) is 0.752. The molecule has 1 aliphatic rings. The van der Waals surface area contributed by atoms with Crippen LogP contribution in [0.15, 0.2) is 18.2 Å². The van der Waals surface area contributed by atoms with Crippen LogP contribution < -0.4 is 0 Å². The maximum Gasteiger partial charge on any atom is 0.0724 e. The first-order valence-corrected chi connectivity index (χ1v) is 6.26. The summed E-state index contributed by atoms with van der Waals surface area (Å²) in [6.07, 6.45) is 2.58. The van der Waals surface area contributed by atoms with Gasteiger partial charge >= 0.3 is 0 Å². The van der Waals surface area contributed by atoms with E-state index in [-0.39, 0.29) is 5.60 Å². The molecule has 0 unspecified atom stereocenters. The highest BCUT2D eigenvalue weighted by Gasteiger charge is 2.25. The van der Waals surface area contributed by atoms with Crippen LogP contribution in [-0.4, -0.2) is 5.60 Å². The lowest BCUT2D eigenvalue weighted by Crippen LogP contribution is -2.18. The summed E-state index contributed by atoms with van der Waals surface area (Å²) in [6.45, 7) is 6.82. The van der Waals surface area contributed by atoms with Gasteiger partial charge < -0.3 is 4.74 Å². The van der Waals surface area contributed by atoms with Gasteiger partial charge in [0.2, 0.25) is 0 Å². The zero-order valence-corrected chi connectivity index (χ0v) is 11.0. The van der Waals surface area contributed by atoms with Crippen molar-refractivity contribution in [2.75, 3.05) is 0 Å². The van der Waals surface area contributed by atoms with Crippen LogP contribution in [0, 0.1) is 0 Å². The molecule has 1 aromatic rings. The smallest absolute Gasteiger partial charge is 0.0724 e. The van der Waals surface area contributed by atoms with Crippen molar-refractivity contribution in [3.8, 4) is 0 Å². The summed E-state index contributed by atoms with van der Waals surface area (Å²) >= 11 is 6.26. The van der Waals surface area contributed by atoms with Gasteiger partial charge in [0, 0.05) is 5.02 Å². The first kappa shape index (κ1) is 11.9. The Hall–Kier alpha value is -0.530. The second-order valence-corrected chi connectivity index (χ2v) is 5.94. The van der Waals surface area contributed by atoms with E-state index in [1.165, 1.54) is 18.4 Å². The van der Waals surface area contributed by atoms with Crippen LogP contribution in [0.25, 0.3) is 0 Å². The van der Waals surface area contributed by atoms with Crippen LogP contribution in [0.3, 0.4) is 0 Å². The number of ether oxygens (including phenoxy) is 1. The van der Waals surface area contributed by atoms with E-state index in [1.807, 2.05) is 6.07 Å². The first-order valence-electron chi connectivity index (χ1n) is 5.88. The van der Waals surface area contributed by atoms with Crippen LogP contribution in [0.1, 0.15) is 50.7 Å². The minimum atomic E-state index is -0.0956. The Morgan fingerprint density at radius 2 is 2.00 bits per heavy atom. The number of benzene rings is 1. The molecule has 0 spiro atoms. The van der Waals surface area contributed by atoms with Crippen molar-refractivity contribution in [3.63, 3.8) is 0 Å². The monoisotopic (exact) mass is 238 g/mol. The Kier molecular flexibility index (Phi) is 3.27. The van der Waals surface area contributed by atoms with Gasteiger partial charge in [-0.25, -0.2) is 0 Å². The molecule has 0 aliphatic heterocycles. The van der Waals surface area contributed by atoms with Crippen molar-refractivity contribution in [2.24, 2.45) is 0 Å². The molecular formula is C14H19ClO. The third-order valence-electron chi connectivity index (χ3n) is 2.75. The molecule has 1 fully saturated rings. The van der Waals surface area contributed by atoms with Gasteiger partial charge in [-0.3, -0.25) is 0 Å². The number of hydrogen-bond donors (Lipinski definition) is 0. The van der Waals surface area contributed by atoms with Crippen LogP contribution in [0.4, 0.5) is 0 Å². The van der Waals surface area contributed by atoms with E-state index in [0.717, 1.165) is 10.6 Å². The van der Waals surface area contributed by atoms with E-state index in [0.29, 0.717) is 12.5 Å². The van der Waals surface area contributed by atoms with Crippen molar-refractivity contribution in [1.82, 2.24) is 0 Å². The second-order valence-electron chi connectivity index (χ2n) is 5.53. The van der Waals surface area contributed by atoms with Gasteiger partial charge in [-0.15, -0.1) is 0 Å². The highest BCUT2D eigenvalue weighted by Crippen LogP contribution is 2.43. The van der Waals surface area contributed by atoms with Crippen molar-refractivity contribution in [2.45, 2.75) is 51.7 Å². The van der Waals surface area contributed by atoms with Gasteiger partial charge in [0.15, 0.2) is 0 Å². The standard InChI is InChI=1S/C14H19ClO/c1-14(2,3)16-9-10-4-7-12(11-5-6-11)13(15)8-10/h4,7-8,11H,5-6,9H2,1-3H3. The molecule has 16 heavy (non-hydrogen) atoms. The van der Waals surface area contributed by atoms with E-state index in [9.17, 15) is 0 Å². The number of hydrogen-bond acceptors (Lipinski definition) is 1. The van der Waals surface area contributed by atoms with E-state index in [1.54, 1.807) is 0 Å². The Bertz CT molecular complexity index is 375. The van der Waals surface area contributed by atoms with E-state index < -0.39 is 0 Å². The molecule has 0 saturated heterocycles. The average molecular weight is 239 g/mol. The Morgan fingerprint density at radius 1 is 1.31 bits per heavy atom.